The molecule has 27 heavy (non-hydrogen) atoms. The molecule has 140 valence electrons. The van der Waals surface area contributed by atoms with E-state index in [0.29, 0.717) is 33.5 Å². The van der Waals surface area contributed by atoms with E-state index in [1.807, 2.05) is 30.5 Å². The molecule has 0 N–H and O–H groups in total. The van der Waals surface area contributed by atoms with E-state index >= 15 is 0 Å². The summed E-state index contributed by atoms with van der Waals surface area (Å²) in [5.41, 5.74) is 3.05. The van der Waals surface area contributed by atoms with Gasteiger partial charge in [0.05, 0.1) is 25.5 Å². The van der Waals surface area contributed by atoms with Crippen LogP contribution in [0.2, 0.25) is 5.02 Å². The molecule has 0 radical (unpaired) electrons. The summed E-state index contributed by atoms with van der Waals surface area (Å²) in [7, 11) is 3.05. The Labute approximate surface area is 163 Å². The summed E-state index contributed by atoms with van der Waals surface area (Å²) in [6, 6.07) is 14.0. The number of ether oxygens (including phenoxy) is 3. The molecule has 1 aromatic heterocycles. The smallest absolute Gasteiger partial charge is 0.343 e. The highest BCUT2D eigenvalue weighted by Gasteiger charge is 2.17. The first-order valence-electron chi connectivity index (χ1n) is 8.33. The number of hydrogen-bond acceptors (Lipinski definition) is 4. The van der Waals surface area contributed by atoms with Crippen molar-refractivity contribution in [3.05, 3.63) is 70.5 Å². The van der Waals surface area contributed by atoms with Crippen LogP contribution in [0.5, 0.6) is 17.2 Å². The molecule has 0 aliphatic rings. The highest BCUT2D eigenvalue weighted by Crippen LogP contribution is 2.31. The zero-order valence-electron chi connectivity index (χ0n) is 15.6. The van der Waals surface area contributed by atoms with Crippen LogP contribution >= 0.6 is 11.6 Å². The lowest BCUT2D eigenvalue weighted by Crippen LogP contribution is -2.11. The molecule has 3 rings (SSSR count). The van der Waals surface area contributed by atoms with Crippen molar-refractivity contribution in [3.63, 3.8) is 0 Å². The van der Waals surface area contributed by atoms with Crippen molar-refractivity contribution in [1.82, 2.24) is 4.57 Å². The third-order valence-electron chi connectivity index (χ3n) is 4.22. The van der Waals surface area contributed by atoms with E-state index in [-0.39, 0.29) is 0 Å². The lowest BCUT2D eigenvalue weighted by Gasteiger charge is -2.15. The van der Waals surface area contributed by atoms with Crippen LogP contribution < -0.4 is 14.2 Å². The normalized spacial score (nSPS) is 10.6. The molecule has 0 unspecified atom stereocenters. The van der Waals surface area contributed by atoms with Gasteiger partial charge in [0.2, 0.25) is 0 Å². The average molecular weight is 386 g/mol. The van der Waals surface area contributed by atoms with Gasteiger partial charge >= 0.3 is 5.97 Å². The van der Waals surface area contributed by atoms with Crippen molar-refractivity contribution in [3.8, 4) is 22.9 Å². The number of benzene rings is 2. The number of esters is 1. The van der Waals surface area contributed by atoms with Crippen LogP contribution in [0.15, 0.2) is 48.5 Å². The van der Waals surface area contributed by atoms with Gasteiger partial charge in [-0.15, -0.1) is 0 Å². The number of aromatic nitrogens is 1. The van der Waals surface area contributed by atoms with Gasteiger partial charge in [0.15, 0.2) is 5.75 Å². The molecule has 1 heterocycles. The Kier molecular flexibility index (Phi) is 5.42. The Hall–Kier alpha value is -2.92. The second-order valence-electron chi connectivity index (χ2n) is 6.05. The van der Waals surface area contributed by atoms with E-state index in [4.69, 9.17) is 25.8 Å². The monoisotopic (exact) mass is 385 g/mol. The fourth-order valence-electron chi connectivity index (χ4n) is 2.88. The minimum absolute atomic E-state index is 0.327. The topological polar surface area (TPSA) is 49.7 Å². The predicted molar refractivity (Wildman–Crippen MR) is 105 cm³/mol. The molecule has 0 saturated heterocycles. The number of carbonyl (C=O) groups is 1. The van der Waals surface area contributed by atoms with Crippen molar-refractivity contribution >= 4 is 17.6 Å². The molecule has 0 saturated carbocycles. The molecule has 6 heteroatoms. The van der Waals surface area contributed by atoms with Crippen LogP contribution in [-0.4, -0.2) is 24.8 Å². The van der Waals surface area contributed by atoms with Crippen LogP contribution in [-0.2, 0) is 0 Å². The highest BCUT2D eigenvalue weighted by molar-refractivity contribution is 6.30. The summed E-state index contributed by atoms with van der Waals surface area (Å²) < 4.78 is 18.1. The molecule has 0 amide bonds. The van der Waals surface area contributed by atoms with Crippen molar-refractivity contribution in [2.45, 2.75) is 13.8 Å². The third-order valence-corrected chi connectivity index (χ3v) is 4.46. The number of aryl methyl sites for hydroxylation is 2. The van der Waals surface area contributed by atoms with Crippen molar-refractivity contribution in [1.29, 1.82) is 0 Å². The number of carbonyl (C=O) groups excluding carboxylic acids is 1. The first kappa shape index (κ1) is 18.9. The van der Waals surface area contributed by atoms with Crippen LogP contribution in [0.25, 0.3) is 5.69 Å². The van der Waals surface area contributed by atoms with E-state index in [9.17, 15) is 4.79 Å². The Bertz CT molecular complexity index is 952. The molecule has 3 aromatic rings. The van der Waals surface area contributed by atoms with Crippen LogP contribution in [0.3, 0.4) is 0 Å². The summed E-state index contributed by atoms with van der Waals surface area (Å²) in [6.07, 6.45) is 0. The number of hydrogen-bond donors (Lipinski definition) is 0. The van der Waals surface area contributed by atoms with Gasteiger partial charge in [-0.3, -0.25) is 0 Å². The zero-order valence-corrected chi connectivity index (χ0v) is 16.3. The number of halogens is 1. The quantitative estimate of drug-likeness (QED) is 0.459. The first-order valence-corrected chi connectivity index (χ1v) is 8.71. The summed E-state index contributed by atoms with van der Waals surface area (Å²) in [5.74, 6) is 0.913. The molecule has 2 aromatic carbocycles. The minimum atomic E-state index is -0.516. The van der Waals surface area contributed by atoms with E-state index in [2.05, 4.69) is 0 Å². The first-order chi connectivity index (χ1) is 12.9. The van der Waals surface area contributed by atoms with Gasteiger partial charge < -0.3 is 18.8 Å². The van der Waals surface area contributed by atoms with Gasteiger partial charge in [-0.2, -0.15) is 0 Å². The van der Waals surface area contributed by atoms with Gasteiger partial charge in [0.1, 0.15) is 11.5 Å². The molecule has 5 nitrogen and oxygen atoms in total. The Balaban J connectivity index is 2.00. The fraction of sp³-hybridized carbons (Fsp3) is 0.190. The van der Waals surface area contributed by atoms with Crippen LogP contribution in [0.4, 0.5) is 0 Å². The standard InChI is InChI=1S/C21H20ClNO4/c1-13-5-6-14(2)23(13)19-11-16(22)7-8-20(19)27-21(24)15-9-17(25-3)12-18(10-15)26-4/h5-12H,1-4H3. The molecule has 0 atom stereocenters. The second kappa shape index (κ2) is 7.76. The lowest BCUT2D eigenvalue weighted by molar-refractivity contribution is 0.0733. The summed E-state index contributed by atoms with van der Waals surface area (Å²) in [4.78, 5) is 12.8. The van der Waals surface area contributed by atoms with Crippen molar-refractivity contribution < 1.29 is 19.0 Å². The highest BCUT2D eigenvalue weighted by atomic mass is 35.5. The predicted octanol–water partition coefficient (Wildman–Crippen LogP) is 4.98. The Morgan fingerprint density at radius 1 is 0.889 bits per heavy atom. The van der Waals surface area contributed by atoms with Gasteiger partial charge in [-0.1, -0.05) is 11.6 Å². The van der Waals surface area contributed by atoms with Crippen LogP contribution in [0.1, 0.15) is 21.7 Å². The molecule has 0 spiro atoms. The molecular formula is C21H20ClNO4. The summed E-state index contributed by atoms with van der Waals surface area (Å²) >= 11 is 6.18. The number of rotatable bonds is 5. The van der Waals surface area contributed by atoms with E-state index in [1.54, 1.807) is 36.4 Å². The third kappa shape index (κ3) is 3.93. The molecule has 0 aliphatic heterocycles. The average Bonchev–Trinajstić information content (AvgIpc) is 3.00. The van der Waals surface area contributed by atoms with Gasteiger partial charge in [-0.05, 0) is 56.3 Å². The van der Waals surface area contributed by atoms with Crippen LogP contribution in [0, 0.1) is 13.8 Å². The largest absolute Gasteiger partial charge is 0.497 e. The SMILES string of the molecule is COc1cc(OC)cc(C(=O)Oc2ccc(Cl)cc2-n2c(C)ccc2C)c1. The molecule has 0 aliphatic carbocycles. The van der Waals surface area contributed by atoms with E-state index in [1.165, 1.54) is 14.2 Å². The molecule has 0 bridgehead atoms. The Morgan fingerprint density at radius 3 is 2.04 bits per heavy atom. The van der Waals surface area contributed by atoms with Crippen molar-refractivity contribution in [2.24, 2.45) is 0 Å². The minimum Gasteiger partial charge on any atom is -0.497 e. The molecular weight excluding hydrogens is 366 g/mol. The number of nitrogens with zero attached hydrogens (tertiary/aromatic N) is 1. The molecule has 0 fully saturated rings. The summed E-state index contributed by atoms with van der Waals surface area (Å²) in [6.45, 7) is 3.96. The van der Waals surface area contributed by atoms with E-state index in [0.717, 1.165) is 11.4 Å². The zero-order chi connectivity index (χ0) is 19.6. The fourth-order valence-corrected chi connectivity index (χ4v) is 3.05. The maximum absolute atomic E-state index is 12.8. The number of methoxy groups -OCH3 is 2. The van der Waals surface area contributed by atoms with Gasteiger partial charge in [0, 0.05) is 22.5 Å². The second-order valence-corrected chi connectivity index (χ2v) is 6.49. The lowest BCUT2D eigenvalue weighted by atomic mass is 10.2. The maximum atomic E-state index is 12.8. The van der Waals surface area contributed by atoms with Crippen molar-refractivity contribution in [2.75, 3.05) is 14.2 Å². The summed E-state index contributed by atoms with van der Waals surface area (Å²) in [5, 5.41) is 0.556. The van der Waals surface area contributed by atoms with Gasteiger partial charge in [0.25, 0.3) is 0 Å². The maximum Gasteiger partial charge on any atom is 0.343 e. The Morgan fingerprint density at radius 2 is 1.48 bits per heavy atom. The van der Waals surface area contributed by atoms with Gasteiger partial charge in [-0.25, -0.2) is 4.79 Å². The van der Waals surface area contributed by atoms with E-state index < -0.39 is 5.97 Å².